The SMILES string of the molecule is CCOCCOC1CCN(C(=O)CC(CC)CN)CC1. The zero-order chi connectivity index (χ0) is 14.8. The Morgan fingerprint density at radius 1 is 1.30 bits per heavy atom. The monoisotopic (exact) mass is 286 g/mol. The second-order valence-electron chi connectivity index (χ2n) is 5.36. The highest BCUT2D eigenvalue weighted by molar-refractivity contribution is 5.76. The van der Waals surface area contributed by atoms with Crippen molar-refractivity contribution in [3.8, 4) is 0 Å². The number of rotatable bonds is 9. The number of hydrogen-bond acceptors (Lipinski definition) is 4. The first kappa shape index (κ1) is 17.4. The molecule has 1 fully saturated rings. The van der Waals surface area contributed by atoms with Crippen LogP contribution in [0.2, 0.25) is 0 Å². The zero-order valence-electron chi connectivity index (χ0n) is 13.0. The smallest absolute Gasteiger partial charge is 0.222 e. The number of nitrogens with two attached hydrogens (primary N) is 1. The summed E-state index contributed by atoms with van der Waals surface area (Å²) in [7, 11) is 0. The minimum Gasteiger partial charge on any atom is -0.379 e. The van der Waals surface area contributed by atoms with Crippen molar-refractivity contribution in [2.75, 3.05) is 39.5 Å². The lowest BCUT2D eigenvalue weighted by molar-refractivity contribution is -0.135. The Labute approximate surface area is 122 Å². The molecule has 1 unspecified atom stereocenters. The fourth-order valence-electron chi connectivity index (χ4n) is 2.46. The van der Waals surface area contributed by atoms with Crippen LogP contribution < -0.4 is 5.73 Å². The minimum atomic E-state index is 0.245. The van der Waals surface area contributed by atoms with Crippen LogP contribution in [0, 0.1) is 5.92 Å². The Morgan fingerprint density at radius 2 is 2.00 bits per heavy atom. The number of piperidine rings is 1. The van der Waals surface area contributed by atoms with Crippen LogP contribution in [-0.2, 0) is 14.3 Å². The Morgan fingerprint density at radius 3 is 2.55 bits per heavy atom. The molecule has 0 radical (unpaired) electrons. The molecule has 5 nitrogen and oxygen atoms in total. The van der Waals surface area contributed by atoms with E-state index in [1.165, 1.54) is 0 Å². The highest BCUT2D eigenvalue weighted by Crippen LogP contribution is 2.16. The van der Waals surface area contributed by atoms with Crippen LogP contribution in [-0.4, -0.2) is 56.4 Å². The van der Waals surface area contributed by atoms with E-state index in [1.54, 1.807) is 0 Å². The van der Waals surface area contributed by atoms with E-state index < -0.39 is 0 Å². The van der Waals surface area contributed by atoms with Gasteiger partial charge < -0.3 is 20.1 Å². The quantitative estimate of drug-likeness (QED) is 0.651. The molecule has 5 heteroatoms. The molecule has 0 aromatic rings. The molecule has 0 saturated carbocycles. The molecule has 20 heavy (non-hydrogen) atoms. The largest absolute Gasteiger partial charge is 0.379 e. The van der Waals surface area contributed by atoms with Crippen LogP contribution in [0.5, 0.6) is 0 Å². The molecule has 1 heterocycles. The summed E-state index contributed by atoms with van der Waals surface area (Å²) in [6, 6.07) is 0. The fourth-order valence-corrected chi connectivity index (χ4v) is 2.46. The predicted molar refractivity (Wildman–Crippen MR) is 79.5 cm³/mol. The molecule has 1 saturated heterocycles. The van der Waals surface area contributed by atoms with Crippen molar-refractivity contribution in [1.82, 2.24) is 4.90 Å². The van der Waals surface area contributed by atoms with Crippen LogP contribution in [0.3, 0.4) is 0 Å². The van der Waals surface area contributed by atoms with Gasteiger partial charge >= 0.3 is 0 Å². The lowest BCUT2D eigenvalue weighted by atomic mass is 10.0. The molecule has 0 aliphatic carbocycles. The summed E-state index contributed by atoms with van der Waals surface area (Å²) in [5, 5.41) is 0. The Balaban J connectivity index is 2.19. The number of hydrogen-bond donors (Lipinski definition) is 1. The molecule has 1 aliphatic heterocycles. The first-order valence-electron chi connectivity index (χ1n) is 7.88. The number of carbonyl (C=O) groups is 1. The number of ether oxygens (including phenoxy) is 2. The summed E-state index contributed by atoms with van der Waals surface area (Å²) in [4.78, 5) is 14.1. The van der Waals surface area contributed by atoms with Gasteiger partial charge in [0.15, 0.2) is 0 Å². The standard InChI is InChI=1S/C15H30N2O3/c1-3-13(12-16)11-15(18)17-7-5-14(6-8-17)20-10-9-19-4-2/h13-14H,3-12,16H2,1-2H3. The molecule has 0 bridgehead atoms. The van der Waals surface area contributed by atoms with Crippen molar-refractivity contribution in [3.05, 3.63) is 0 Å². The van der Waals surface area contributed by atoms with E-state index in [2.05, 4.69) is 6.92 Å². The number of nitrogens with zero attached hydrogens (tertiary/aromatic N) is 1. The van der Waals surface area contributed by atoms with Gasteiger partial charge in [0.2, 0.25) is 5.91 Å². The maximum absolute atomic E-state index is 12.1. The second-order valence-corrected chi connectivity index (χ2v) is 5.36. The predicted octanol–water partition coefficient (Wildman–Crippen LogP) is 1.41. The summed E-state index contributed by atoms with van der Waals surface area (Å²) < 4.78 is 11.0. The fraction of sp³-hybridized carbons (Fsp3) is 0.933. The maximum Gasteiger partial charge on any atom is 0.222 e. The molecule has 2 N–H and O–H groups in total. The molecule has 1 rings (SSSR count). The average Bonchev–Trinajstić information content (AvgIpc) is 2.49. The molecule has 0 aromatic carbocycles. The van der Waals surface area contributed by atoms with Gasteiger partial charge in [0.1, 0.15) is 0 Å². The molecule has 0 aromatic heterocycles. The molecular weight excluding hydrogens is 256 g/mol. The van der Waals surface area contributed by atoms with Gasteiger partial charge in [-0.15, -0.1) is 0 Å². The highest BCUT2D eigenvalue weighted by Gasteiger charge is 2.24. The van der Waals surface area contributed by atoms with Crippen molar-refractivity contribution in [1.29, 1.82) is 0 Å². The van der Waals surface area contributed by atoms with Gasteiger partial charge in [-0.05, 0) is 32.2 Å². The summed E-state index contributed by atoms with van der Waals surface area (Å²) >= 11 is 0. The van der Waals surface area contributed by atoms with Gasteiger partial charge in [0, 0.05) is 26.1 Å². The summed E-state index contributed by atoms with van der Waals surface area (Å²) in [6.07, 6.45) is 3.69. The van der Waals surface area contributed by atoms with Crippen LogP contribution in [0.25, 0.3) is 0 Å². The third kappa shape index (κ3) is 6.20. The zero-order valence-corrected chi connectivity index (χ0v) is 13.0. The number of likely N-dealkylation sites (tertiary alicyclic amines) is 1. The average molecular weight is 286 g/mol. The van der Waals surface area contributed by atoms with E-state index in [9.17, 15) is 4.79 Å². The first-order chi connectivity index (χ1) is 9.71. The Hall–Kier alpha value is -0.650. The minimum absolute atomic E-state index is 0.245. The third-order valence-corrected chi connectivity index (χ3v) is 3.95. The molecule has 118 valence electrons. The topological polar surface area (TPSA) is 64.8 Å². The van der Waals surface area contributed by atoms with Crippen molar-refractivity contribution >= 4 is 5.91 Å². The van der Waals surface area contributed by atoms with Gasteiger partial charge in [0.25, 0.3) is 0 Å². The number of amides is 1. The molecule has 1 atom stereocenters. The van der Waals surface area contributed by atoms with Crippen LogP contribution in [0.1, 0.15) is 39.5 Å². The molecular formula is C15H30N2O3. The molecule has 0 spiro atoms. The van der Waals surface area contributed by atoms with Crippen LogP contribution in [0.15, 0.2) is 0 Å². The summed E-state index contributed by atoms with van der Waals surface area (Å²) in [5.74, 6) is 0.567. The molecule has 1 amide bonds. The van der Waals surface area contributed by atoms with E-state index in [-0.39, 0.29) is 12.0 Å². The molecule has 1 aliphatic rings. The maximum atomic E-state index is 12.1. The normalized spacial score (nSPS) is 18.2. The van der Waals surface area contributed by atoms with Gasteiger partial charge in [-0.25, -0.2) is 0 Å². The first-order valence-corrected chi connectivity index (χ1v) is 7.88. The van der Waals surface area contributed by atoms with Gasteiger partial charge in [0.05, 0.1) is 19.3 Å². The van der Waals surface area contributed by atoms with Gasteiger partial charge in [-0.1, -0.05) is 13.3 Å². The van der Waals surface area contributed by atoms with Crippen LogP contribution in [0.4, 0.5) is 0 Å². The van der Waals surface area contributed by atoms with E-state index in [0.29, 0.717) is 32.1 Å². The van der Waals surface area contributed by atoms with E-state index >= 15 is 0 Å². The highest BCUT2D eigenvalue weighted by atomic mass is 16.5. The van der Waals surface area contributed by atoms with E-state index in [0.717, 1.165) is 39.0 Å². The Bertz CT molecular complexity index is 262. The number of carbonyl (C=O) groups excluding carboxylic acids is 1. The van der Waals surface area contributed by atoms with Crippen molar-refractivity contribution in [2.45, 2.75) is 45.6 Å². The van der Waals surface area contributed by atoms with Crippen molar-refractivity contribution in [2.24, 2.45) is 11.7 Å². The summed E-state index contributed by atoms with van der Waals surface area (Å²) in [5.41, 5.74) is 5.66. The lowest BCUT2D eigenvalue weighted by Crippen LogP contribution is -2.42. The van der Waals surface area contributed by atoms with Gasteiger partial charge in [-0.3, -0.25) is 4.79 Å². The second kappa shape index (κ2) is 10.1. The third-order valence-electron chi connectivity index (χ3n) is 3.95. The van der Waals surface area contributed by atoms with E-state index in [4.69, 9.17) is 15.2 Å². The Kier molecular flexibility index (Phi) is 8.82. The summed E-state index contributed by atoms with van der Waals surface area (Å²) in [6.45, 7) is 8.31. The van der Waals surface area contributed by atoms with Crippen molar-refractivity contribution < 1.29 is 14.3 Å². The lowest BCUT2D eigenvalue weighted by Gasteiger charge is -2.32. The van der Waals surface area contributed by atoms with Crippen molar-refractivity contribution in [3.63, 3.8) is 0 Å². The van der Waals surface area contributed by atoms with E-state index in [1.807, 2.05) is 11.8 Å². The van der Waals surface area contributed by atoms with Crippen LogP contribution >= 0.6 is 0 Å². The van der Waals surface area contributed by atoms with Gasteiger partial charge in [-0.2, -0.15) is 0 Å².